The van der Waals surface area contributed by atoms with Gasteiger partial charge in [-0.15, -0.1) is 0 Å². The fourth-order valence-electron chi connectivity index (χ4n) is 3.81. The normalized spacial score (nSPS) is 13.0. The Morgan fingerprint density at radius 3 is 2.25 bits per heavy atom. The maximum Gasteiger partial charge on any atom is 0.303 e. The van der Waals surface area contributed by atoms with Crippen LogP contribution in [0.3, 0.4) is 0 Å². The van der Waals surface area contributed by atoms with Gasteiger partial charge >= 0.3 is 11.9 Å². The van der Waals surface area contributed by atoms with Crippen LogP contribution in [0.15, 0.2) is 30.3 Å². The van der Waals surface area contributed by atoms with Crippen molar-refractivity contribution in [2.24, 2.45) is 5.41 Å². The number of aliphatic carboxylic acids is 2. The molecule has 0 saturated heterocycles. The van der Waals surface area contributed by atoms with Crippen LogP contribution in [0.1, 0.15) is 67.1 Å². The monoisotopic (exact) mass is 520 g/mol. The third-order valence-electron chi connectivity index (χ3n) is 5.53. The third kappa shape index (κ3) is 9.59. The van der Waals surface area contributed by atoms with Crippen molar-refractivity contribution < 1.29 is 29.0 Å². The fourth-order valence-corrected chi connectivity index (χ4v) is 4.05. The molecule has 1 aliphatic rings. The van der Waals surface area contributed by atoms with Crippen molar-refractivity contribution in [3.8, 4) is 0 Å². The average molecular weight is 521 g/mol. The highest BCUT2D eigenvalue weighted by Crippen LogP contribution is 2.31. The number of fused-ring (bicyclic) bond motifs is 1. The van der Waals surface area contributed by atoms with Gasteiger partial charge in [0.15, 0.2) is 5.78 Å². The molecule has 36 heavy (non-hydrogen) atoms. The van der Waals surface area contributed by atoms with Crippen LogP contribution in [0, 0.1) is 11.2 Å². The molecule has 196 valence electrons. The molecule has 4 N–H and O–H groups in total. The largest absolute Gasteiger partial charge is 0.481 e. The summed E-state index contributed by atoms with van der Waals surface area (Å²) in [6.45, 7) is 8.26. The van der Waals surface area contributed by atoms with Gasteiger partial charge in [0.1, 0.15) is 5.82 Å². The Morgan fingerprint density at radius 1 is 1.03 bits per heavy atom. The minimum atomic E-state index is -1.08. The van der Waals surface area contributed by atoms with E-state index < -0.39 is 17.8 Å². The Hall–Kier alpha value is -2.97. The highest BCUT2D eigenvalue weighted by Gasteiger charge is 2.20. The molecular formula is C27H34ClFN2O5. The zero-order valence-electron chi connectivity index (χ0n) is 20.9. The summed E-state index contributed by atoms with van der Waals surface area (Å²) in [4.78, 5) is 31.6. The number of halogens is 2. The smallest absolute Gasteiger partial charge is 0.303 e. The van der Waals surface area contributed by atoms with Gasteiger partial charge in [0.05, 0.1) is 29.1 Å². The minimum absolute atomic E-state index is 0.159. The van der Waals surface area contributed by atoms with Crippen LogP contribution in [0.4, 0.5) is 10.1 Å². The second-order valence-electron chi connectivity index (χ2n) is 9.93. The molecule has 0 atom stereocenters. The number of hydrogen-bond acceptors (Lipinski definition) is 5. The molecule has 0 fully saturated rings. The maximum atomic E-state index is 14.5. The molecule has 0 unspecified atom stereocenters. The first-order valence-corrected chi connectivity index (χ1v) is 12.2. The maximum absolute atomic E-state index is 14.5. The molecule has 2 aromatic rings. The highest BCUT2D eigenvalue weighted by molar-refractivity contribution is 6.33. The molecule has 9 heteroatoms. The van der Waals surface area contributed by atoms with Crippen molar-refractivity contribution >= 4 is 35.0 Å². The molecule has 3 rings (SSSR count). The molecule has 0 bridgehead atoms. The first-order chi connectivity index (χ1) is 16.9. The average Bonchev–Trinajstić information content (AvgIpc) is 3.02. The lowest BCUT2D eigenvalue weighted by Gasteiger charge is -2.18. The number of carboxylic acid groups (broad SMARTS) is 2. The predicted octanol–water partition coefficient (Wildman–Crippen LogP) is 5.33. The number of carboxylic acids is 2. The number of benzene rings is 2. The van der Waals surface area contributed by atoms with Gasteiger partial charge in [-0.2, -0.15) is 0 Å². The molecular weight excluding hydrogens is 487 g/mol. The predicted molar refractivity (Wildman–Crippen MR) is 138 cm³/mol. The molecule has 0 spiro atoms. The van der Waals surface area contributed by atoms with E-state index in [1.807, 2.05) is 32.9 Å². The van der Waals surface area contributed by atoms with Crippen LogP contribution >= 0.6 is 11.6 Å². The number of hydrogen-bond donors (Lipinski definition) is 4. The number of ketones is 1. The molecule has 0 radical (unpaired) electrons. The van der Waals surface area contributed by atoms with Crippen molar-refractivity contribution in [2.75, 3.05) is 18.4 Å². The lowest BCUT2D eigenvalue weighted by Crippen LogP contribution is -2.16. The van der Waals surface area contributed by atoms with Gasteiger partial charge in [-0.05, 0) is 66.2 Å². The van der Waals surface area contributed by atoms with Crippen LogP contribution in [-0.4, -0.2) is 41.0 Å². The van der Waals surface area contributed by atoms with Crippen molar-refractivity contribution in [3.05, 3.63) is 63.4 Å². The van der Waals surface area contributed by atoms with Gasteiger partial charge < -0.3 is 20.8 Å². The van der Waals surface area contributed by atoms with Crippen LogP contribution < -0.4 is 10.6 Å². The molecule has 2 aromatic carbocycles. The number of carbonyl (C=O) groups is 3. The summed E-state index contributed by atoms with van der Waals surface area (Å²) in [6, 6.07) is 8.86. The molecule has 0 saturated carbocycles. The summed E-state index contributed by atoms with van der Waals surface area (Å²) in [7, 11) is 0. The van der Waals surface area contributed by atoms with Gasteiger partial charge in [0, 0.05) is 13.0 Å². The zero-order valence-corrected chi connectivity index (χ0v) is 21.7. The van der Waals surface area contributed by atoms with E-state index in [-0.39, 0.29) is 29.6 Å². The van der Waals surface area contributed by atoms with E-state index >= 15 is 0 Å². The summed E-state index contributed by atoms with van der Waals surface area (Å²) in [5, 5.41) is 23.3. The topological polar surface area (TPSA) is 116 Å². The molecule has 7 nitrogen and oxygen atoms in total. The summed E-state index contributed by atoms with van der Waals surface area (Å²) < 4.78 is 14.5. The summed E-state index contributed by atoms with van der Waals surface area (Å²) in [5.41, 5.74) is 4.24. The van der Waals surface area contributed by atoms with E-state index in [0.29, 0.717) is 18.0 Å². The molecule has 1 heterocycles. The molecule has 1 aliphatic heterocycles. The fraction of sp³-hybridized carbons (Fsp3) is 0.444. The lowest BCUT2D eigenvalue weighted by atomic mass is 9.87. The van der Waals surface area contributed by atoms with Gasteiger partial charge in [0.2, 0.25) is 0 Å². The zero-order chi connectivity index (χ0) is 26.9. The Labute approximate surface area is 216 Å². The Morgan fingerprint density at radius 2 is 1.67 bits per heavy atom. The van der Waals surface area contributed by atoms with Crippen molar-refractivity contribution in [2.45, 2.75) is 59.4 Å². The molecule has 0 amide bonds. The van der Waals surface area contributed by atoms with Crippen LogP contribution in [0.5, 0.6) is 0 Å². The van der Waals surface area contributed by atoms with E-state index in [1.54, 1.807) is 6.07 Å². The first-order valence-electron chi connectivity index (χ1n) is 11.9. The number of carbonyl (C=O) groups excluding carboxylic acids is 1. The number of Topliss-reactive ketones (excluding diaryl/α,β-unsaturated/α-hetero) is 1. The lowest BCUT2D eigenvalue weighted by molar-refractivity contribution is -0.143. The highest BCUT2D eigenvalue weighted by atomic mass is 35.5. The SMILES string of the molecule is CC(C)(C)CC(=O)c1ccc(CNc2c(Cl)ccc3c2CCNCC3)cc1F.O=C(O)CCC(=O)O. The Balaban J connectivity index is 0.000000493. The second kappa shape index (κ2) is 13.4. The van der Waals surface area contributed by atoms with E-state index in [2.05, 4.69) is 16.7 Å². The van der Waals surface area contributed by atoms with Gasteiger partial charge in [-0.3, -0.25) is 14.4 Å². The van der Waals surface area contributed by atoms with Gasteiger partial charge in [-0.1, -0.05) is 44.5 Å². The number of nitrogens with one attached hydrogen (secondary N) is 2. The summed E-state index contributed by atoms with van der Waals surface area (Å²) in [6.07, 6.45) is 1.61. The minimum Gasteiger partial charge on any atom is -0.481 e. The first kappa shape index (κ1) is 29.3. The van der Waals surface area contributed by atoms with E-state index in [1.165, 1.54) is 17.2 Å². The van der Waals surface area contributed by atoms with Crippen molar-refractivity contribution in [1.29, 1.82) is 0 Å². The summed E-state index contributed by atoms with van der Waals surface area (Å²) >= 11 is 6.44. The van der Waals surface area contributed by atoms with Crippen LogP contribution in [0.25, 0.3) is 0 Å². The van der Waals surface area contributed by atoms with Gasteiger partial charge in [-0.25, -0.2) is 4.39 Å². The number of rotatable bonds is 8. The number of anilines is 1. The second-order valence-corrected chi connectivity index (χ2v) is 10.3. The van der Waals surface area contributed by atoms with E-state index in [9.17, 15) is 18.8 Å². The Kier molecular flexibility index (Phi) is 10.9. The van der Waals surface area contributed by atoms with Gasteiger partial charge in [0.25, 0.3) is 0 Å². The Bertz CT molecular complexity index is 1080. The van der Waals surface area contributed by atoms with Crippen molar-refractivity contribution in [1.82, 2.24) is 5.32 Å². The molecule has 0 aliphatic carbocycles. The molecule has 0 aromatic heterocycles. The van der Waals surface area contributed by atoms with Crippen LogP contribution in [-0.2, 0) is 29.0 Å². The van der Waals surface area contributed by atoms with Crippen molar-refractivity contribution in [3.63, 3.8) is 0 Å². The standard InChI is InChI=1S/C23H28ClFN2O.C4H6O4/c1-23(2,3)13-21(28)18-6-4-15(12-20(18)25)14-27-22-17-9-11-26-10-8-16(17)5-7-19(22)24;5-3(6)1-2-4(7)8/h4-7,12,26-27H,8-11,13-14H2,1-3H3;1-2H2,(H,5,6)(H,7,8). The van der Waals surface area contributed by atoms with Crippen LogP contribution in [0.2, 0.25) is 5.02 Å². The quantitative estimate of drug-likeness (QED) is 0.347. The van der Waals surface area contributed by atoms with E-state index in [0.717, 1.165) is 37.2 Å². The van der Waals surface area contributed by atoms with E-state index in [4.69, 9.17) is 21.8 Å². The summed E-state index contributed by atoms with van der Waals surface area (Å²) in [5.74, 6) is -2.77. The third-order valence-corrected chi connectivity index (χ3v) is 5.84.